The van der Waals surface area contributed by atoms with Gasteiger partial charge in [-0.3, -0.25) is 0 Å². The van der Waals surface area contributed by atoms with Crippen molar-refractivity contribution in [1.29, 1.82) is 0 Å². The molecule has 0 fully saturated rings. The van der Waals surface area contributed by atoms with Gasteiger partial charge in [0.25, 0.3) is 0 Å². The maximum atomic E-state index is 6.07. The molecule has 0 rings (SSSR count). The first kappa shape index (κ1) is 16.3. The number of rotatable bonds is 11. The molecule has 0 aromatic heterocycles. The molecule has 98 valence electrons. The number of halogens is 1. The Morgan fingerprint density at radius 3 is 1.81 bits per heavy atom. The van der Waals surface area contributed by atoms with Crippen LogP contribution in [-0.2, 0) is 0 Å². The van der Waals surface area contributed by atoms with Gasteiger partial charge in [0.1, 0.15) is 0 Å². The van der Waals surface area contributed by atoms with Crippen LogP contribution in [0.15, 0.2) is 0 Å². The van der Waals surface area contributed by atoms with E-state index < -0.39 is 0 Å². The summed E-state index contributed by atoms with van der Waals surface area (Å²) in [4.78, 5) is 0. The van der Waals surface area contributed by atoms with E-state index in [-0.39, 0.29) is 0 Å². The fraction of sp³-hybridized carbons (Fsp3) is 1.00. The summed E-state index contributed by atoms with van der Waals surface area (Å²) in [6.45, 7) is 6.88. The molecule has 0 spiro atoms. The van der Waals surface area contributed by atoms with Crippen molar-refractivity contribution in [3.63, 3.8) is 0 Å². The molecule has 0 aliphatic heterocycles. The molecule has 0 aromatic carbocycles. The SMILES string of the molecule is CCCCCCCCCC(C)(CCl)CCC. The zero-order chi connectivity index (χ0) is 12.3. The fourth-order valence-electron chi connectivity index (χ4n) is 2.37. The summed E-state index contributed by atoms with van der Waals surface area (Å²) in [5, 5.41) is 0. The summed E-state index contributed by atoms with van der Waals surface area (Å²) >= 11 is 6.07. The average molecular weight is 247 g/mol. The molecule has 0 N–H and O–H groups in total. The molecular weight excluding hydrogens is 216 g/mol. The van der Waals surface area contributed by atoms with E-state index in [0.29, 0.717) is 5.41 Å². The lowest BCUT2D eigenvalue weighted by Gasteiger charge is -2.26. The molecule has 0 saturated heterocycles. The quantitative estimate of drug-likeness (QED) is 0.302. The van der Waals surface area contributed by atoms with Crippen LogP contribution in [0.5, 0.6) is 0 Å². The van der Waals surface area contributed by atoms with Gasteiger partial charge in [-0.15, -0.1) is 11.6 Å². The van der Waals surface area contributed by atoms with Gasteiger partial charge in [-0.05, 0) is 18.3 Å². The predicted octanol–water partition coefficient (Wildman–Crippen LogP) is 6.17. The predicted molar refractivity (Wildman–Crippen MR) is 76.3 cm³/mol. The minimum Gasteiger partial charge on any atom is -0.126 e. The molecule has 0 nitrogen and oxygen atoms in total. The summed E-state index contributed by atoms with van der Waals surface area (Å²) in [6.07, 6.45) is 13.7. The van der Waals surface area contributed by atoms with Crippen molar-refractivity contribution in [2.24, 2.45) is 5.41 Å². The third-order valence-corrected chi connectivity index (χ3v) is 4.21. The second-order valence-corrected chi connectivity index (χ2v) is 5.83. The number of unbranched alkanes of at least 4 members (excludes halogenated alkanes) is 6. The summed E-state index contributed by atoms with van der Waals surface area (Å²) in [5.74, 6) is 0.830. The average Bonchev–Trinajstić information content (AvgIpc) is 2.28. The second kappa shape index (κ2) is 10.4. The summed E-state index contributed by atoms with van der Waals surface area (Å²) in [5.41, 5.74) is 0.403. The van der Waals surface area contributed by atoms with Crippen molar-refractivity contribution in [2.75, 3.05) is 5.88 Å². The van der Waals surface area contributed by atoms with Crippen molar-refractivity contribution in [3.05, 3.63) is 0 Å². The zero-order valence-electron chi connectivity index (χ0n) is 11.7. The molecule has 0 aliphatic rings. The van der Waals surface area contributed by atoms with Crippen molar-refractivity contribution >= 4 is 11.6 Å². The van der Waals surface area contributed by atoms with Crippen LogP contribution in [0.4, 0.5) is 0 Å². The highest BCUT2D eigenvalue weighted by molar-refractivity contribution is 6.18. The highest BCUT2D eigenvalue weighted by Crippen LogP contribution is 2.31. The molecule has 0 amide bonds. The topological polar surface area (TPSA) is 0 Å². The van der Waals surface area contributed by atoms with Gasteiger partial charge < -0.3 is 0 Å². The Kier molecular flexibility index (Phi) is 10.6. The Bertz CT molecular complexity index is 144. The molecule has 1 unspecified atom stereocenters. The van der Waals surface area contributed by atoms with Crippen LogP contribution in [-0.4, -0.2) is 5.88 Å². The third-order valence-electron chi connectivity index (χ3n) is 3.56. The minimum atomic E-state index is 0.403. The molecule has 0 saturated carbocycles. The summed E-state index contributed by atoms with van der Waals surface area (Å²) < 4.78 is 0. The van der Waals surface area contributed by atoms with E-state index in [1.165, 1.54) is 64.2 Å². The minimum absolute atomic E-state index is 0.403. The van der Waals surface area contributed by atoms with Gasteiger partial charge in [0.15, 0.2) is 0 Å². The number of hydrogen-bond acceptors (Lipinski definition) is 0. The van der Waals surface area contributed by atoms with E-state index in [1.54, 1.807) is 0 Å². The second-order valence-electron chi connectivity index (χ2n) is 5.57. The number of hydrogen-bond donors (Lipinski definition) is 0. The molecular formula is C15H31Cl. The fourth-order valence-corrected chi connectivity index (χ4v) is 2.64. The van der Waals surface area contributed by atoms with Gasteiger partial charge in [-0.2, -0.15) is 0 Å². The Hall–Kier alpha value is 0.290. The van der Waals surface area contributed by atoms with Gasteiger partial charge >= 0.3 is 0 Å². The highest BCUT2D eigenvalue weighted by atomic mass is 35.5. The maximum Gasteiger partial charge on any atom is 0.0277 e. The molecule has 0 heterocycles. The lowest BCUT2D eigenvalue weighted by atomic mass is 9.82. The molecule has 0 bridgehead atoms. The lowest BCUT2D eigenvalue weighted by molar-refractivity contribution is 0.296. The Morgan fingerprint density at radius 2 is 1.31 bits per heavy atom. The van der Waals surface area contributed by atoms with Crippen molar-refractivity contribution < 1.29 is 0 Å². The third kappa shape index (κ3) is 8.44. The van der Waals surface area contributed by atoms with Gasteiger partial charge in [-0.25, -0.2) is 0 Å². The first-order valence-corrected chi connectivity index (χ1v) is 7.78. The van der Waals surface area contributed by atoms with E-state index in [2.05, 4.69) is 20.8 Å². The monoisotopic (exact) mass is 246 g/mol. The zero-order valence-corrected chi connectivity index (χ0v) is 12.4. The molecule has 0 aromatic rings. The van der Waals surface area contributed by atoms with Gasteiger partial charge in [0.05, 0.1) is 0 Å². The largest absolute Gasteiger partial charge is 0.126 e. The van der Waals surface area contributed by atoms with E-state index in [0.717, 1.165) is 5.88 Å². The van der Waals surface area contributed by atoms with Crippen LogP contribution >= 0.6 is 11.6 Å². The van der Waals surface area contributed by atoms with E-state index >= 15 is 0 Å². The lowest BCUT2D eigenvalue weighted by Crippen LogP contribution is -2.18. The molecule has 0 aliphatic carbocycles. The molecule has 1 heteroatoms. The smallest absolute Gasteiger partial charge is 0.0277 e. The van der Waals surface area contributed by atoms with E-state index in [1.807, 2.05) is 0 Å². The van der Waals surface area contributed by atoms with Gasteiger partial charge in [0, 0.05) is 5.88 Å². The van der Waals surface area contributed by atoms with E-state index in [4.69, 9.17) is 11.6 Å². The van der Waals surface area contributed by atoms with E-state index in [9.17, 15) is 0 Å². The van der Waals surface area contributed by atoms with Crippen molar-refractivity contribution in [3.8, 4) is 0 Å². The number of alkyl halides is 1. The standard InChI is InChI=1S/C15H31Cl/c1-4-6-7-8-9-10-11-13-15(3,14-16)12-5-2/h4-14H2,1-3H3. The van der Waals surface area contributed by atoms with Crippen LogP contribution in [0.2, 0.25) is 0 Å². The maximum absolute atomic E-state index is 6.07. The Balaban J connectivity index is 3.41. The highest BCUT2D eigenvalue weighted by Gasteiger charge is 2.20. The summed E-state index contributed by atoms with van der Waals surface area (Å²) in [7, 11) is 0. The van der Waals surface area contributed by atoms with Crippen LogP contribution in [0, 0.1) is 5.41 Å². The Morgan fingerprint density at radius 1 is 0.750 bits per heavy atom. The Labute approximate surface area is 108 Å². The normalized spacial score (nSPS) is 15.0. The van der Waals surface area contributed by atoms with Gasteiger partial charge in [0.2, 0.25) is 0 Å². The molecule has 1 atom stereocenters. The van der Waals surface area contributed by atoms with Crippen molar-refractivity contribution in [1.82, 2.24) is 0 Å². The molecule has 0 radical (unpaired) electrons. The molecule has 16 heavy (non-hydrogen) atoms. The summed E-state index contributed by atoms with van der Waals surface area (Å²) in [6, 6.07) is 0. The first-order valence-electron chi connectivity index (χ1n) is 7.24. The first-order chi connectivity index (χ1) is 7.68. The van der Waals surface area contributed by atoms with Crippen LogP contribution < -0.4 is 0 Å². The van der Waals surface area contributed by atoms with Crippen LogP contribution in [0.3, 0.4) is 0 Å². The van der Waals surface area contributed by atoms with Gasteiger partial charge in [-0.1, -0.05) is 72.1 Å². The van der Waals surface area contributed by atoms with Crippen molar-refractivity contribution in [2.45, 2.75) is 85.0 Å². The van der Waals surface area contributed by atoms with Crippen LogP contribution in [0.1, 0.15) is 85.0 Å². The van der Waals surface area contributed by atoms with Crippen LogP contribution in [0.25, 0.3) is 0 Å².